The van der Waals surface area contributed by atoms with E-state index in [1.54, 1.807) is 6.92 Å². The monoisotopic (exact) mass is 253 g/mol. The molecule has 3 N–H and O–H groups in total. The summed E-state index contributed by atoms with van der Waals surface area (Å²) in [5.74, 6) is 0.435. The Hall–Kier alpha value is -1.85. The minimum Gasteiger partial charge on any atom is -0.481 e. The quantitative estimate of drug-likeness (QED) is 0.611. The second-order valence-corrected chi connectivity index (χ2v) is 4.20. The fourth-order valence-corrected chi connectivity index (χ4v) is 1.64. The number of carboxylic acids is 1. The molecule has 0 aliphatic carbocycles. The number of rotatable bonds is 8. The lowest BCUT2D eigenvalue weighted by molar-refractivity contribution is -0.137. The predicted octanol–water partition coefficient (Wildman–Crippen LogP) is 1.53. The number of nitrogens with zero attached hydrogens (tertiary/aromatic N) is 1. The lowest BCUT2D eigenvalue weighted by Gasteiger charge is -2.05. The summed E-state index contributed by atoms with van der Waals surface area (Å²) in [6, 6.07) is 1.43. The van der Waals surface area contributed by atoms with Gasteiger partial charge in [-0.3, -0.25) is 9.59 Å². The molecule has 1 aromatic rings. The summed E-state index contributed by atoms with van der Waals surface area (Å²) in [6.07, 6.45) is 3.78. The molecule has 18 heavy (non-hydrogen) atoms. The van der Waals surface area contributed by atoms with Crippen molar-refractivity contribution >= 4 is 11.8 Å². The van der Waals surface area contributed by atoms with E-state index in [2.05, 4.69) is 15.3 Å². The second-order valence-electron chi connectivity index (χ2n) is 4.20. The standard InChI is InChI=1S/C12H19N3O3/c1-9-14-10(8-11(16)15-9)13-7-5-3-2-4-6-12(17)18/h8H,2-7H2,1H3,(H,17,18)(H2,13,14,15,16). The molecule has 0 saturated heterocycles. The van der Waals surface area contributed by atoms with Gasteiger partial charge < -0.3 is 15.4 Å². The van der Waals surface area contributed by atoms with Crippen LogP contribution in [-0.2, 0) is 4.79 Å². The van der Waals surface area contributed by atoms with E-state index in [-0.39, 0.29) is 12.0 Å². The normalized spacial score (nSPS) is 10.3. The molecule has 0 amide bonds. The Morgan fingerprint density at radius 1 is 1.39 bits per heavy atom. The van der Waals surface area contributed by atoms with E-state index in [9.17, 15) is 9.59 Å². The van der Waals surface area contributed by atoms with Gasteiger partial charge in [-0.25, -0.2) is 4.98 Å². The molecule has 0 radical (unpaired) electrons. The molecule has 1 aromatic heterocycles. The Morgan fingerprint density at radius 3 is 2.78 bits per heavy atom. The number of nitrogens with one attached hydrogen (secondary N) is 2. The molecule has 0 aliphatic heterocycles. The molecule has 0 unspecified atom stereocenters. The summed E-state index contributed by atoms with van der Waals surface area (Å²) in [5, 5.41) is 11.5. The van der Waals surface area contributed by atoms with Crippen molar-refractivity contribution in [1.29, 1.82) is 0 Å². The molecule has 1 rings (SSSR count). The number of aryl methyl sites for hydroxylation is 1. The van der Waals surface area contributed by atoms with Gasteiger partial charge in [-0.2, -0.15) is 0 Å². The van der Waals surface area contributed by atoms with E-state index in [0.717, 1.165) is 32.2 Å². The third-order valence-electron chi connectivity index (χ3n) is 2.48. The Labute approximate surface area is 105 Å². The van der Waals surface area contributed by atoms with Crippen LogP contribution in [0.1, 0.15) is 37.9 Å². The van der Waals surface area contributed by atoms with Crippen molar-refractivity contribution in [2.75, 3.05) is 11.9 Å². The Morgan fingerprint density at radius 2 is 2.11 bits per heavy atom. The van der Waals surface area contributed by atoms with Crippen LogP contribution in [0.5, 0.6) is 0 Å². The third-order valence-corrected chi connectivity index (χ3v) is 2.48. The minimum absolute atomic E-state index is 0.161. The van der Waals surface area contributed by atoms with Crippen LogP contribution in [0.15, 0.2) is 10.9 Å². The zero-order valence-corrected chi connectivity index (χ0v) is 10.5. The van der Waals surface area contributed by atoms with E-state index < -0.39 is 5.97 Å². The fraction of sp³-hybridized carbons (Fsp3) is 0.583. The molecule has 0 bridgehead atoms. The summed E-state index contributed by atoms with van der Waals surface area (Å²) in [4.78, 5) is 28.2. The van der Waals surface area contributed by atoms with Gasteiger partial charge in [-0.05, 0) is 19.8 Å². The van der Waals surface area contributed by atoms with Gasteiger partial charge >= 0.3 is 5.97 Å². The number of carboxylic acid groups (broad SMARTS) is 1. The average Bonchev–Trinajstić information content (AvgIpc) is 2.26. The highest BCUT2D eigenvalue weighted by molar-refractivity contribution is 5.66. The van der Waals surface area contributed by atoms with Crippen molar-refractivity contribution in [3.05, 3.63) is 22.2 Å². The van der Waals surface area contributed by atoms with Crippen molar-refractivity contribution in [1.82, 2.24) is 9.97 Å². The third kappa shape index (κ3) is 6.03. The van der Waals surface area contributed by atoms with Gasteiger partial charge in [-0.15, -0.1) is 0 Å². The highest BCUT2D eigenvalue weighted by atomic mass is 16.4. The van der Waals surface area contributed by atoms with Gasteiger partial charge in [0.1, 0.15) is 11.6 Å². The molecule has 0 aromatic carbocycles. The smallest absolute Gasteiger partial charge is 0.303 e. The van der Waals surface area contributed by atoms with Gasteiger partial charge in [0.2, 0.25) is 0 Å². The molecule has 1 heterocycles. The predicted molar refractivity (Wildman–Crippen MR) is 68.8 cm³/mol. The van der Waals surface area contributed by atoms with Gasteiger partial charge in [0, 0.05) is 19.0 Å². The summed E-state index contributed by atoms with van der Waals surface area (Å²) >= 11 is 0. The van der Waals surface area contributed by atoms with Crippen LogP contribution in [0.3, 0.4) is 0 Å². The summed E-state index contributed by atoms with van der Waals surface area (Å²) in [5.41, 5.74) is -0.161. The zero-order chi connectivity index (χ0) is 13.4. The molecular weight excluding hydrogens is 234 g/mol. The largest absolute Gasteiger partial charge is 0.481 e. The number of aromatic nitrogens is 2. The van der Waals surface area contributed by atoms with Crippen molar-refractivity contribution < 1.29 is 9.90 Å². The SMILES string of the molecule is Cc1nc(NCCCCCCC(=O)O)cc(=O)[nH]1. The molecule has 0 atom stereocenters. The number of hydrogen-bond donors (Lipinski definition) is 3. The first-order valence-electron chi connectivity index (χ1n) is 6.11. The topological polar surface area (TPSA) is 95.1 Å². The lowest BCUT2D eigenvalue weighted by atomic mass is 10.1. The molecule has 0 fully saturated rings. The summed E-state index contributed by atoms with van der Waals surface area (Å²) < 4.78 is 0. The number of anilines is 1. The van der Waals surface area contributed by atoms with Crippen molar-refractivity contribution in [2.24, 2.45) is 0 Å². The van der Waals surface area contributed by atoms with Crippen LogP contribution in [0.4, 0.5) is 5.82 Å². The Bertz CT molecular complexity index is 442. The van der Waals surface area contributed by atoms with E-state index in [0.29, 0.717) is 11.6 Å². The maximum atomic E-state index is 11.2. The van der Waals surface area contributed by atoms with Crippen LogP contribution in [-0.4, -0.2) is 27.6 Å². The van der Waals surface area contributed by atoms with Crippen molar-refractivity contribution in [2.45, 2.75) is 39.0 Å². The summed E-state index contributed by atoms with van der Waals surface area (Å²) in [6.45, 7) is 2.47. The van der Waals surface area contributed by atoms with Crippen LogP contribution in [0.2, 0.25) is 0 Å². The summed E-state index contributed by atoms with van der Waals surface area (Å²) in [7, 11) is 0. The average molecular weight is 253 g/mol. The number of carbonyl (C=O) groups is 1. The first kappa shape index (κ1) is 14.2. The first-order valence-corrected chi connectivity index (χ1v) is 6.11. The van der Waals surface area contributed by atoms with E-state index >= 15 is 0 Å². The Balaban J connectivity index is 2.14. The van der Waals surface area contributed by atoms with Gasteiger partial charge in [0.15, 0.2) is 0 Å². The van der Waals surface area contributed by atoms with Crippen LogP contribution >= 0.6 is 0 Å². The molecular formula is C12H19N3O3. The fourth-order valence-electron chi connectivity index (χ4n) is 1.64. The molecule has 0 aliphatic rings. The maximum absolute atomic E-state index is 11.2. The molecule has 100 valence electrons. The molecule has 6 heteroatoms. The molecule has 6 nitrogen and oxygen atoms in total. The lowest BCUT2D eigenvalue weighted by Crippen LogP contribution is -2.12. The van der Waals surface area contributed by atoms with E-state index in [1.165, 1.54) is 6.07 Å². The molecule has 0 saturated carbocycles. The highest BCUT2D eigenvalue weighted by Gasteiger charge is 1.98. The van der Waals surface area contributed by atoms with E-state index in [1.807, 2.05) is 0 Å². The van der Waals surface area contributed by atoms with Crippen molar-refractivity contribution in [3.63, 3.8) is 0 Å². The first-order chi connectivity index (χ1) is 8.58. The van der Waals surface area contributed by atoms with Gasteiger partial charge in [0.05, 0.1) is 0 Å². The van der Waals surface area contributed by atoms with Crippen LogP contribution < -0.4 is 10.9 Å². The maximum Gasteiger partial charge on any atom is 0.303 e. The highest BCUT2D eigenvalue weighted by Crippen LogP contribution is 2.04. The van der Waals surface area contributed by atoms with Gasteiger partial charge in [0.25, 0.3) is 5.56 Å². The number of unbranched alkanes of at least 4 members (excludes halogenated alkanes) is 3. The Kier molecular flexibility index (Phi) is 5.90. The number of H-pyrrole nitrogens is 1. The molecule has 0 spiro atoms. The zero-order valence-electron chi connectivity index (χ0n) is 10.5. The number of hydrogen-bond acceptors (Lipinski definition) is 4. The van der Waals surface area contributed by atoms with Gasteiger partial charge in [-0.1, -0.05) is 12.8 Å². The van der Waals surface area contributed by atoms with E-state index in [4.69, 9.17) is 5.11 Å². The van der Waals surface area contributed by atoms with Crippen molar-refractivity contribution in [3.8, 4) is 0 Å². The minimum atomic E-state index is -0.740. The van der Waals surface area contributed by atoms with Crippen LogP contribution in [0, 0.1) is 6.92 Å². The van der Waals surface area contributed by atoms with Crippen LogP contribution in [0.25, 0.3) is 0 Å². The number of aliphatic carboxylic acids is 1. The second kappa shape index (κ2) is 7.47. The number of aromatic amines is 1.